The highest BCUT2D eigenvalue weighted by Gasteiger charge is 2.14. The lowest BCUT2D eigenvalue weighted by Gasteiger charge is -2.12. The van der Waals surface area contributed by atoms with E-state index in [9.17, 15) is 9.59 Å². The first kappa shape index (κ1) is 20.7. The highest BCUT2D eigenvalue weighted by molar-refractivity contribution is 6.06. The predicted octanol–water partition coefficient (Wildman–Crippen LogP) is 4.73. The molecule has 5 nitrogen and oxygen atoms in total. The first-order valence-corrected chi connectivity index (χ1v) is 8.70. The lowest BCUT2D eigenvalue weighted by Crippen LogP contribution is -2.14. The van der Waals surface area contributed by atoms with Crippen LogP contribution in [0.15, 0.2) is 78.9 Å². The second kappa shape index (κ2) is 10.5. The molecule has 0 unspecified atom stereocenters. The van der Waals surface area contributed by atoms with Gasteiger partial charge in [0.25, 0.3) is 5.91 Å². The molecule has 0 saturated heterocycles. The molecule has 0 saturated carbocycles. The molecule has 0 aromatic heterocycles. The molecule has 5 heteroatoms. The number of ether oxygens (including phenoxy) is 2. The number of esters is 1. The summed E-state index contributed by atoms with van der Waals surface area (Å²) in [5, 5.41) is 2.79. The predicted molar refractivity (Wildman–Crippen MR) is 110 cm³/mol. The fourth-order valence-electron chi connectivity index (χ4n) is 2.44. The summed E-state index contributed by atoms with van der Waals surface area (Å²) in [4.78, 5) is 23.8. The number of rotatable bonds is 4. The Bertz CT molecular complexity index is 896. The second-order valence-corrected chi connectivity index (χ2v) is 5.83. The van der Waals surface area contributed by atoms with Crippen LogP contribution in [-0.2, 0) is 4.74 Å². The van der Waals surface area contributed by atoms with Crippen LogP contribution in [0.4, 0.5) is 5.69 Å². The number of carbonyl (C=O) groups is 2. The molecule has 0 bridgehead atoms. The van der Waals surface area contributed by atoms with Gasteiger partial charge in [-0.3, -0.25) is 4.79 Å². The van der Waals surface area contributed by atoms with Gasteiger partial charge in [-0.15, -0.1) is 0 Å². The molecule has 0 aliphatic heterocycles. The van der Waals surface area contributed by atoms with Crippen molar-refractivity contribution in [2.45, 2.75) is 6.92 Å². The summed E-state index contributed by atoms with van der Waals surface area (Å²) in [5.74, 6) is -0.304. The van der Waals surface area contributed by atoms with E-state index in [4.69, 9.17) is 4.74 Å². The van der Waals surface area contributed by atoms with Gasteiger partial charge >= 0.3 is 5.97 Å². The number of methoxy groups -OCH3 is 2. The first-order chi connectivity index (χ1) is 13.6. The number of hydrogen-bond acceptors (Lipinski definition) is 4. The van der Waals surface area contributed by atoms with Crippen molar-refractivity contribution >= 4 is 17.6 Å². The van der Waals surface area contributed by atoms with Crippen LogP contribution in [0.3, 0.4) is 0 Å². The SMILES string of the molecule is COC(=O)c1ccc(NC(=O)c2ccccc2C)c(OC)c1.c1ccccc1. The van der Waals surface area contributed by atoms with E-state index in [1.165, 1.54) is 20.3 Å². The molecule has 28 heavy (non-hydrogen) atoms. The Balaban J connectivity index is 0.000000397. The molecule has 0 aliphatic rings. The molecule has 0 heterocycles. The van der Waals surface area contributed by atoms with E-state index in [1.54, 1.807) is 24.3 Å². The lowest BCUT2D eigenvalue weighted by molar-refractivity contribution is 0.0600. The minimum absolute atomic E-state index is 0.234. The Morgan fingerprint density at radius 3 is 1.96 bits per heavy atom. The molecule has 144 valence electrons. The number of nitrogens with one attached hydrogen (secondary N) is 1. The molecular weight excluding hydrogens is 354 g/mol. The average Bonchev–Trinajstić information content (AvgIpc) is 2.75. The summed E-state index contributed by atoms with van der Waals surface area (Å²) in [5.41, 5.74) is 2.31. The van der Waals surface area contributed by atoms with Gasteiger partial charge in [0.15, 0.2) is 0 Å². The zero-order valence-corrected chi connectivity index (χ0v) is 16.1. The average molecular weight is 377 g/mol. The van der Waals surface area contributed by atoms with E-state index in [-0.39, 0.29) is 5.91 Å². The maximum Gasteiger partial charge on any atom is 0.337 e. The van der Waals surface area contributed by atoms with Gasteiger partial charge in [-0.25, -0.2) is 4.79 Å². The van der Waals surface area contributed by atoms with Gasteiger partial charge in [0.2, 0.25) is 0 Å². The third-order valence-corrected chi connectivity index (χ3v) is 3.93. The van der Waals surface area contributed by atoms with Crippen LogP contribution in [0.5, 0.6) is 5.75 Å². The normalized spacial score (nSPS) is 9.54. The summed E-state index contributed by atoms with van der Waals surface area (Å²) in [6.07, 6.45) is 0. The van der Waals surface area contributed by atoms with E-state index in [1.807, 2.05) is 55.5 Å². The number of anilines is 1. The fraction of sp³-hybridized carbons (Fsp3) is 0.130. The van der Waals surface area contributed by atoms with Crippen molar-refractivity contribution in [3.8, 4) is 5.75 Å². The van der Waals surface area contributed by atoms with Crippen LogP contribution < -0.4 is 10.1 Å². The summed E-state index contributed by atoms with van der Waals surface area (Å²) < 4.78 is 9.89. The van der Waals surface area contributed by atoms with Gasteiger partial charge < -0.3 is 14.8 Å². The Morgan fingerprint density at radius 2 is 1.43 bits per heavy atom. The third-order valence-electron chi connectivity index (χ3n) is 3.93. The first-order valence-electron chi connectivity index (χ1n) is 8.70. The van der Waals surface area contributed by atoms with Gasteiger partial charge in [-0.05, 0) is 36.8 Å². The van der Waals surface area contributed by atoms with Crippen LogP contribution in [0.1, 0.15) is 26.3 Å². The zero-order chi connectivity index (χ0) is 20.4. The van der Waals surface area contributed by atoms with Gasteiger partial charge in [0.05, 0.1) is 25.5 Å². The maximum atomic E-state index is 12.3. The van der Waals surface area contributed by atoms with Gasteiger partial charge in [0.1, 0.15) is 5.75 Å². The van der Waals surface area contributed by atoms with Crippen molar-refractivity contribution in [2.75, 3.05) is 19.5 Å². The topological polar surface area (TPSA) is 64.6 Å². The van der Waals surface area contributed by atoms with E-state index < -0.39 is 5.97 Å². The Labute approximate surface area is 164 Å². The van der Waals surface area contributed by atoms with Crippen LogP contribution in [0.2, 0.25) is 0 Å². The van der Waals surface area contributed by atoms with Crippen LogP contribution in [0.25, 0.3) is 0 Å². The number of amides is 1. The minimum Gasteiger partial charge on any atom is -0.495 e. The molecule has 3 aromatic carbocycles. The van der Waals surface area contributed by atoms with Crippen molar-refractivity contribution < 1.29 is 19.1 Å². The lowest BCUT2D eigenvalue weighted by atomic mass is 10.1. The quantitative estimate of drug-likeness (QED) is 0.668. The fourth-order valence-corrected chi connectivity index (χ4v) is 2.44. The highest BCUT2D eigenvalue weighted by Crippen LogP contribution is 2.26. The Kier molecular flexibility index (Phi) is 7.78. The van der Waals surface area contributed by atoms with Crippen molar-refractivity contribution in [3.63, 3.8) is 0 Å². The monoisotopic (exact) mass is 377 g/mol. The standard InChI is InChI=1S/C17H17NO4.C6H6/c1-11-6-4-5-7-13(11)16(19)18-14-9-8-12(17(20)22-3)10-15(14)21-2;1-2-4-6-5-3-1/h4-10H,1-3H3,(H,18,19);1-6H. The molecule has 0 spiro atoms. The van der Waals surface area contributed by atoms with Crippen LogP contribution >= 0.6 is 0 Å². The molecule has 1 amide bonds. The maximum absolute atomic E-state index is 12.3. The largest absolute Gasteiger partial charge is 0.495 e. The molecule has 0 radical (unpaired) electrons. The van der Waals surface area contributed by atoms with Crippen molar-refractivity contribution in [2.24, 2.45) is 0 Å². The summed E-state index contributed by atoms with van der Waals surface area (Å²) in [6.45, 7) is 1.87. The van der Waals surface area contributed by atoms with Gasteiger partial charge in [0, 0.05) is 5.56 Å². The summed E-state index contributed by atoms with van der Waals surface area (Å²) in [6, 6.07) is 24.0. The minimum atomic E-state index is -0.463. The smallest absolute Gasteiger partial charge is 0.337 e. The number of carbonyl (C=O) groups excluding carboxylic acids is 2. The van der Waals surface area contributed by atoms with Gasteiger partial charge in [-0.2, -0.15) is 0 Å². The molecule has 3 rings (SSSR count). The zero-order valence-electron chi connectivity index (χ0n) is 16.1. The third kappa shape index (κ3) is 5.71. The summed E-state index contributed by atoms with van der Waals surface area (Å²) >= 11 is 0. The van der Waals surface area contributed by atoms with Crippen molar-refractivity contribution in [1.82, 2.24) is 0 Å². The Morgan fingerprint density at radius 1 is 0.821 bits per heavy atom. The van der Waals surface area contributed by atoms with E-state index in [2.05, 4.69) is 10.1 Å². The molecule has 0 aliphatic carbocycles. The van der Waals surface area contributed by atoms with E-state index in [0.29, 0.717) is 22.6 Å². The molecule has 0 atom stereocenters. The number of hydrogen-bond donors (Lipinski definition) is 1. The second-order valence-electron chi connectivity index (χ2n) is 5.83. The number of benzene rings is 3. The van der Waals surface area contributed by atoms with Crippen LogP contribution in [-0.4, -0.2) is 26.1 Å². The summed E-state index contributed by atoms with van der Waals surface area (Å²) in [7, 11) is 2.78. The van der Waals surface area contributed by atoms with E-state index in [0.717, 1.165) is 5.56 Å². The van der Waals surface area contributed by atoms with Crippen molar-refractivity contribution in [1.29, 1.82) is 0 Å². The number of aryl methyl sites for hydroxylation is 1. The van der Waals surface area contributed by atoms with Gasteiger partial charge in [-0.1, -0.05) is 54.6 Å². The molecule has 3 aromatic rings. The highest BCUT2D eigenvalue weighted by atomic mass is 16.5. The van der Waals surface area contributed by atoms with E-state index >= 15 is 0 Å². The molecular formula is C23H23NO4. The molecule has 1 N–H and O–H groups in total. The van der Waals surface area contributed by atoms with Crippen molar-refractivity contribution in [3.05, 3.63) is 95.6 Å². The molecule has 0 fully saturated rings. The van der Waals surface area contributed by atoms with Crippen LogP contribution in [0, 0.1) is 6.92 Å². The Hall–Kier alpha value is -3.60.